The SMILES string of the molecule is COc1cccc(-c2nc(CSc3nnc4ccccn34)cs2)c1OC. The molecule has 0 N–H and O–H groups in total. The van der Waals surface area contributed by atoms with E-state index in [0.29, 0.717) is 11.5 Å². The summed E-state index contributed by atoms with van der Waals surface area (Å²) in [6, 6.07) is 11.7. The quantitative estimate of drug-likeness (QED) is 0.465. The zero-order valence-electron chi connectivity index (χ0n) is 14.2. The summed E-state index contributed by atoms with van der Waals surface area (Å²) >= 11 is 3.20. The number of hydrogen-bond donors (Lipinski definition) is 0. The predicted octanol–water partition coefficient (Wildman–Crippen LogP) is 4.16. The van der Waals surface area contributed by atoms with Crippen LogP contribution in [0.3, 0.4) is 0 Å². The van der Waals surface area contributed by atoms with Crippen molar-refractivity contribution in [2.45, 2.75) is 10.9 Å². The highest BCUT2D eigenvalue weighted by Crippen LogP contribution is 2.39. The van der Waals surface area contributed by atoms with E-state index < -0.39 is 0 Å². The molecule has 6 nitrogen and oxygen atoms in total. The Hall–Kier alpha value is -2.58. The fraction of sp³-hybridized carbons (Fsp3) is 0.167. The third kappa shape index (κ3) is 3.13. The number of nitrogens with zero attached hydrogens (tertiary/aromatic N) is 4. The maximum absolute atomic E-state index is 5.51. The second kappa shape index (κ2) is 7.35. The van der Waals surface area contributed by atoms with Gasteiger partial charge in [0.2, 0.25) is 0 Å². The van der Waals surface area contributed by atoms with Gasteiger partial charge in [0.25, 0.3) is 0 Å². The van der Waals surface area contributed by atoms with Gasteiger partial charge in [-0.05, 0) is 24.3 Å². The van der Waals surface area contributed by atoms with E-state index in [2.05, 4.69) is 15.6 Å². The smallest absolute Gasteiger partial charge is 0.195 e. The summed E-state index contributed by atoms with van der Waals surface area (Å²) in [6.07, 6.45) is 1.96. The molecule has 0 saturated heterocycles. The number of hydrogen-bond acceptors (Lipinski definition) is 7. The molecule has 0 aliphatic rings. The van der Waals surface area contributed by atoms with Gasteiger partial charge in [-0.1, -0.05) is 23.9 Å². The summed E-state index contributed by atoms with van der Waals surface area (Å²) in [5.41, 5.74) is 2.77. The average Bonchev–Trinajstić information content (AvgIpc) is 3.32. The first-order chi connectivity index (χ1) is 12.8. The van der Waals surface area contributed by atoms with Crippen LogP contribution in [0.15, 0.2) is 53.1 Å². The average molecular weight is 384 g/mol. The molecule has 0 amide bonds. The van der Waals surface area contributed by atoms with Crippen molar-refractivity contribution < 1.29 is 9.47 Å². The molecule has 0 radical (unpaired) electrons. The van der Waals surface area contributed by atoms with Crippen molar-refractivity contribution in [2.75, 3.05) is 14.2 Å². The first-order valence-electron chi connectivity index (χ1n) is 7.88. The highest BCUT2D eigenvalue weighted by Gasteiger charge is 2.15. The number of thioether (sulfide) groups is 1. The first-order valence-corrected chi connectivity index (χ1v) is 9.75. The third-order valence-corrected chi connectivity index (χ3v) is 5.72. The van der Waals surface area contributed by atoms with Crippen molar-refractivity contribution in [1.29, 1.82) is 0 Å². The fourth-order valence-corrected chi connectivity index (χ4v) is 4.37. The van der Waals surface area contributed by atoms with Gasteiger partial charge in [-0.25, -0.2) is 4.98 Å². The standard InChI is InChI=1S/C18H16N4O2S2/c1-23-14-7-5-6-13(16(14)24-2)17-19-12(10-25-17)11-26-18-21-20-15-8-3-4-9-22(15)18/h3-10H,11H2,1-2H3. The summed E-state index contributed by atoms with van der Waals surface area (Å²) in [5.74, 6) is 2.12. The van der Waals surface area contributed by atoms with Crippen LogP contribution in [0.1, 0.15) is 5.69 Å². The molecule has 0 aliphatic heterocycles. The van der Waals surface area contributed by atoms with Crippen LogP contribution in [0.25, 0.3) is 16.2 Å². The van der Waals surface area contributed by atoms with E-state index in [1.807, 2.05) is 47.0 Å². The predicted molar refractivity (Wildman–Crippen MR) is 103 cm³/mol. The van der Waals surface area contributed by atoms with Crippen molar-refractivity contribution in [3.05, 3.63) is 53.7 Å². The molecule has 132 valence electrons. The second-order valence-corrected chi connectivity index (χ2v) is 7.19. The highest BCUT2D eigenvalue weighted by atomic mass is 32.2. The highest BCUT2D eigenvalue weighted by molar-refractivity contribution is 7.98. The molecule has 0 bridgehead atoms. The molecule has 0 spiro atoms. The lowest BCUT2D eigenvalue weighted by atomic mass is 10.2. The van der Waals surface area contributed by atoms with Crippen LogP contribution in [0.5, 0.6) is 11.5 Å². The summed E-state index contributed by atoms with van der Waals surface area (Å²) < 4.78 is 12.9. The number of para-hydroxylation sites is 1. The Balaban J connectivity index is 1.55. The minimum absolute atomic E-state index is 0.700. The van der Waals surface area contributed by atoms with Gasteiger partial charge in [-0.3, -0.25) is 4.40 Å². The molecule has 0 fully saturated rings. The van der Waals surface area contributed by atoms with E-state index in [4.69, 9.17) is 14.5 Å². The molecule has 4 rings (SSSR count). The van der Waals surface area contributed by atoms with Crippen molar-refractivity contribution in [2.24, 2.45) is 0 Å². The zero-order valence-corrected chi connectivity index (χ0v) is 15.9. The van der Waals surface area contributed by atoms with Gasteiger partial charge in [0.1, 0.15) is 5.01 Å². The molecule has 4 aromatic rings. The van der Waals surface area contributed by atoms with Crippen LogP contribution in [-0.4, -0.2) is 33.8 Å². The van der Waals surface area contributed by atoms with Crippen molar-refractivity contribution in [3.63, 3.8) is 0 Å². The molecule has 0 aliphatic carbocycles. The molecule has 8 heteroatoms. The number of rotatable bonds is 6. The van der Waals surface area contributed by atoms with E-state index >= 15 is 0 Å². The molecule has 3 aromatic heterocycles. The monoisotopic (exact) mass is 384 g/mol. The molecular weight excluding hydrogens is 368 g/mol. The van der Waals surface area contributed by atoms with E-state index in [1.54, 1.807) is 37.3 Å². The molecule has 1 aromatic carbocycles. The second-order valence-electron chi connectivity index (χ2n) is 5.39. The number of methoxy groups -OCH3 is 2. The minimum atomic E-state index is 0.700. The third-order valence-electron chi connectivity index (χ3n) is 3.82. The van der Waals surface area contributed by atoms with Crippen LogP contribution in [0.2, 0.25) is 0 Å². The Labute approximate surface area is 158 Å². The van der Waals surface area contributed by atoms with Crippen LogP contribution >= 0.6 is 23.1 Å². The van der Waals surface area contributed by atoms with E-state index in [1.165, 1.54) is 0 Å². The zero-order chi connectivity index (χ0) is 17.9. The molecule has 0 atom stereocenters. The molecule has 26 heavy (non-hydrogen) atoms. The lowest BCUT2D eigenvalue weighted by molar-refractivity contribution is 0.356. The number of aromatic nitrogens is 4. The van der Waals surface area contributed by atoms with Gasteiger partial charge in [0.15, 0.2) is 22.3 Å². The normalized spacial score (nSPS) is 11.0. The van der Waals surface area contributed by atoms with Gasteiger partial charge in [-0.15, -0.1) is 21.5 Å². The largest absolute Gasteiger partial charge is 0.493 e. The van der Waals surface area contributed by atoms with Gasteiger partial charge in [0.05, 0.1) is 25.5 Å². The summed E-state index contributed by atoms with van der Waals surface area (Å²) in [4.78, 5) is 4.75. The lowest BCUT2D eigenvalue weighted by Crippen LogP contribution is -1.93. The molecule has 3 heterocycles. The topological polar surface area (TPSA) is 61.5 Å². The van der Waals surface area contributed by atoms with Crippen LogP contribution in [-0.2, 0) is 5.75 Å². The summed E-state index contributed by atoms with van der Waals surface area (Å²) in [7, 11) is 3.27. The number of ether oxygens (including phenoxy) is 2. The van der Waals surface area contributed by atoms with Crippen LogP contribution < -0.4 is 9.47 Å². The van der Waals surface area contributed by atoms with Gasteiger partial charge < -0.3 is 9.47 Å². The van der Waals surface area contributed by atoms with Crippen molar-refractivity contribution in [3.8, 4) is 22.1 Å². The van der Waals surface area contributed by atoms with Crippen LogP contribution in [0, 0.1) is 0 Å². The Bertz CT molecular complexity index is 1040. The maximum atomic E-state index is 5.51. The Morgan fingerprint density at radius 1 is 1.08 bits per heavy atom. The lowest BCUT2D eigenvalue weighted by Gasteiger charge is -2.10. The Kier molecular flexibility index (Phi) is 4.77. The molecular formula is C18H16N4O2S2. The molecule has 0 unspecified atom stereocenters. The number of pyridine rings is 1. The molecule has 0 saturated carbocycles. The van der Waals surface area contributed by atoms with Crippen molar-refractivity contribution >= 4 is 28.7 Å². The number of thiazole rings is 1. The number of fused-ring (bicyclic) bond motifs is 1. The maximum Gasteiger partial charge on any atom is 0.195 e. The first kappa shape index (κ1) is 16.9. The fourth-order valence-electron chi connectivity index (χ4n) is 2.61. The van der Waals surface area contributed by atoms with E-state index in [9.17, 15) is 0 Å². The Morgan fingerprint density at radius 3 is 2.85 bits per heavy atom. The number of benzene rings is 1. The summed E-state index contributed by atoms with van der Waals surface area (Å²) in [6.45, 7) is 0. The van der Waals surface area contributed by atoms with Gasteiger partial charge >= 0.3 is 0 Å². The van der Waals surface area contributed by atoms with Crippen LogP contribution in [0.4, 0.5) is 0 Å². The van der Waals surface area contributed by atoms with Gasteiger partial charge in [0, 0.05) is 17.3 Å². The summed E-state index contributed by atoms with van der Waals surface area (Å²) in [5, 5.41) is 12.2. The van der Waals surface area contributed by atoms with Crippen molar-refractivity contribution in [1.82, 2.24) is 19.6 Å². The van der Waals surface area contributed by atoms with Gasteiger partial charge in [-0.2, -0.15) is 0 Å². The Morgan fingerprint density at radius 2 is 2.00 bits per heavy atom. The van der Waals surface area contributed by atoms with E-state index in [-0.39, 0.29) is 0 Å². The minimum Gasteiger partial charge on any atom is -0.493 e. The van der Waals surface area contributed by atoms with E-state index in [0.717, 1.165) is 32.8 Å².